The van der Waals surface area contributed by atoms with E-state index in [2.05, 4.69) is 36.2 Å². The van der Waals surface area contributed by atoms with E-state index in [0.717, 1.165) is 23.8 Å². The maximum atomic E-state index is 12.7. The van der Waals surface area contributed by atoms with Gasteiger partial charge >= 0.3 is 0 Å². The number of nitrogens with zero attached hydrogens (tertiary/aromatic N) is 3. The first-order valence-corrected chi connectivity index (χ1v) is 11.8. The van der Waals surface area contributed by atoms with Gasteiger partial charge in [-0.1, -0.05) is 44.2 Å². The second-order valence-corrected chi connectivity index (χ2v) is 9.31. The number of sulfonamides is 1. The molecule has 2 aromatic rings. The maximum absolute atomic E-state index is 12.7. The third-order valence-electron chi connectivity index (χ3n) is 5.24. The molecule has 0 fully saturated rings. The molecule has 1 amide bonds. The summed E-state index contributed by atoms with van der Waals surface area (Å²) in [5.41, 5.74) is 1.56. The minimum Gasteiger partial charge on any atom is -0.353 e. The van der Waals surface area contributed by atoms with Gasteiger partial charge in [-0.3, -0.25) is 9.69 Å². The largest absolute Gasteiger partial charge is 0.353 e. The molecular weight excluding hydrogens is 412 g/mol. The van der Waals surface area contributed by atoms with Crippen LogP contribution in [0.2, 0.25) is 0 Å². The Morgan fingerprint density at radius 3 is 2.23 bits per heavy atom. The summed E-state index contributed by atoms with van der Waals surface area (Å²) in [4.78, 5) is 14.8. The normalized spacial score (nSPS) is 12.5. The molecule has 1 unspecified atom stereocenters. The van der Waals surface area contributed by atoms with Crippen molar-refractivity contribution in [2.75, 3.05) is 33.2 Å². The molecule has 1 atom stereocenters. The van der Waals surface area contributed by atoms with Crippen LogP contribution in [0.4, 0.5) is 0 Å². The van der Waals surface area contributed by atoms with Crippen molar-refractivity contribution in [2.45, 2.75) is 31.2 Å². The molecule has 166 valence electrons. The summed E-state index contributed by atoms with van der Waals surface area (Å²) in [6.07, 6.45) is 0.794. The average Bonchev–Trinajstić information content (AvgIpc) is 2.78. The first-order chi connectivity index (χ1) is 14.8. The van der Waals surface area contributed by atoms with E-state index < -0.39 is 10.0 Å². The Morgan fingerprint density at radius 2 is 1.68 bits per heavy atom. The standard InChI is InChI=1S/C23H30N4O3S/c1-4-27(5-2)21(15-19-9-7-6-8-10-19)17-25-23(28)18-26(3)31(29,30)22-13-11-20(16-24)12-14-22/h6-14,21H,4-5,15,17-18H2,1-3H3,(H,25,28). The minimum atomic E-state index is -3.82. The highest BCUT2D eigenvalue weighted by Crippen LogP contribution is 2.15. The van der Waals surface area contributed by atoms with Gasteiger partial charge in [0.05, 0.1) is 23.1 Å². The Bertz CT molecular complexity index is 982. The molecule has 7 nitrogen and oxygen atoms in total. The van der Waals surface area contributed by atoms with Crippen molar-refractivity contribution in [2.24, 2.45) is 0 Å². The zero-order valence-corrected chi connectivity index (χ0v) is 19.1. The Hall–Kier alpha value is -2.73. The number of benzene rings is 2. The molecule has 2 aromatic carbocycles. The van der Waals surface area contributed by atoms with Gasteiger partial charge in [-0.05, 0) is 49.3 Å². The molecule has 0 spiro atoms. The van der Waals surface area contributed by atoms with E-state index in [4.69, 9.17) is 5.26 Å². The van der Waals surface area contributed by atoms with Crippen molar-refractivity contribution in [3.05, 3.63) is 65.7 Å². The van der Waals surface area contributed by atoms with Gasteiger partial charge < -0.3 is 5.32 Å². The number of carbonyl (C=O) groups is 1. The van der Waals surface area contributed by atoms with Gasteiger partial charge in [0.2, 0.25) is 15.9 Å². The van der Waals surface area contributed by atoms with E-state index in [1.165, 1.54) is 36.9 Å². The lowest BCUT2D eigenvalue weighted by molar-refractivity contribution is -0.121. The van der Waals surface area contributed by atoms with Gasteiger partial charge in [0.15, 0.2) is 0 Å². The molecule has 0 saturated heterocycles. The van der Waals surface area contributed by atoms with Crippen LogP contribution in [-0.4, -0.2) is 62.8 Å². The van der Waals surface area contributed by atoms with Crippen LogP contribution >= 0.6 is 0 Å². The van der Waals surface area contributed by atoms with Crippen LogP contribution in [0.5, 0.6) is 0 Å². The van der Waals surface area contributed by atoms with E-state index in [1.807, 2.05) is 24.3 Å². The second-order valence-electron chi connectivity index (χ2n) is 7.27. The smallest absolute Gasteiger partial charge is 0.243 e. The van der Waals surface area contributed by atoms with Gasteiger partial charge in [-0.15, -0.1) is 0 Å². The fourth-order valence-electron chi connectivity index (χ4n) is 3.41. The van der Waals surface area contributed by atoms with Crippen LogP contribution in [0.3, 0.4) is 0 Å². The summed E-state index contributed by atoms with van der Waals surface area (Å²) in [5, 5.41) is 11.8. The predicted octanol–water partition coefficient (Wildman–Crippen LogP) is 2.25. The summed E-state index contributed by atoms with van der Waals surface area (Å²) < 4.78 is 26.4. The lowest BCUT2D eigenvalue weighted by atomic mass is 10.0. The number of nitrogens with one attached hydrogen (secondary N) is 1. The Labute approximate surface area is 185 Å². The summed E-state index contributed by atoms with van der Waals surface area (Å²) in [7, 11) is -2.45. The van der Waals surface area contributed by atoms with Crippen LogP contribution in [-0.2, 0) is 21.2 Å². The Kier molecular flexibility index (Phi) is 9.19. The number of hydrogen-bond donors (Lipinski definition) is 1. The van der Waals surface area contributed by atoms with Gasteiger partial charge in [-0.25, -0.2) is 8.42 Å². The van der Waals surface area contributed by atoms with Crippen molar-refractivity contribution < 1.29 is 13.2 Å². The average molecular weight is 443 g/mol. The Balaban J connectivity index is 2.00. The lowest BCUT2D eigenvalue weighted by Crippen LogP contribution is -2.47. The molecule has 0 aliphatic rings. The molecule has 0 aromatic heterocycles. The first kappa shape index (κ1) is 24.5. The fourth-order valence-corrected chi connectivity index (χ4v) is 4.54. The number of amides is 1. The highest BCUT2D eigenvalue weighted by molar-refractivity contribution is 7.89. The SMILES string of the molecule is CCN(CC)C(CNC(=O)CN(C)S(=O)(=O)c1ccc(C#N)cc1)Cc1ccccc1. The van der Waals surface area contributed by atoms with Crippen LogP contribution in [0, 0.1) is 11.3 Å². The van der Waals surface area contributed by atoms with Crippen molar-refractivity contribution in [1.82, 2.24) is 14.5 Å². The quantitative estimate of drug-likeness (QED) is 0.576. The van der Waals surface area contributed by atoms with Crippen LogP contribution in [0.15, 0.2) is 59.5 Å². The fraction of sp³-hybridized carbons (Fsp3) is 0.391. The zero-order valence-electron chi connectivity index (χ0n) is 18.3. The third-order valence-corrected chi connectivity index (χ3v) is 7.05. The van der Waals surface area contributed by atoms with Crippen molar-refractivity contribution in [3.63, 3.8) is 0 Å². The van der Waals surface area contributed by atoms with E-state index in [1.54, 1.807) is 0 Å². The monoisotopic (exact) mass is 442 g/mol. The van der Waals surface area contributed by atoms with Gasteiger partial charge in [0.25, 0.3) is 0 Å². The van der Waals surface area contributed by atoms with E-state index in [9.17, 15) is 13.2 Å². The summed E-state index contributed by atoms with van der Waals surface area (Å²) >= 11 is 0. The molecule has 0 radical (unpaired) electrons. The number of hydrogen-bond acceptors (Lipinski definition) is 5. The highest BCUT2D eigenvalue weighted by atomic mass is 32.2. The molecule has 31 heavy (non-hydrogen) atoms. The minimum absolute atomic E-state index is 0.0481. The zero-order chi connectivity index (χ0) is 22.9. The Morgan fingerprint density at radius 1 is 1.06 bits per heavy atom. The molecule has 0 heterocycles. The maximum Gasteiger partial charge on any atom is 0.243 e. The first-order valence-electron chi connectivity index (χ1n) is 10.3. The van der Waals surface area contributed by atoms with Gasteiger partial charge in [0.1, 0.15) is 0 Å². The van der Waals surface area contributed by atoms with Crippen LogP contribution in [0.25, 0.3) is 0 Å². The van der Waals surface area contributed by atoms with Gasteiger partial charge in [-0.2, -0.15) is 9.57 Å². The summed E-state index contributed by atoms with van der Waals surface area (Å²) in [6.45, 7) is 6.04. The van der Waals surface area contributed by atoms with Crippen LogP contribution in [0.1, 0.15) is 25.0 Å². The predicted molar refractivity (Wildman–Crippen MR) is 121 cm³/mol. The van der Waals surface area contributed by atoms with Crippen molar-refractivity contribution >= 4 is 15.9 Å². The topological polar surface area (TPSA) is 93.5 Å². The molecule has 8 heteroatoms. The van der Waals surface area contributed by atoms with E-state index in [0.29, 0.717) is 12.1 Å². The number of rotatable bonds is 11. The van der Waals surface area contributed by atoms with Crippen molar-refractivity contribution in [3.8, 4) is 6.07 Å². The van der Waals surface area contributed by atoms with Crippen LogP contribution < -0.4 is 5.32 Å². The summed E-state index contributed by atoms with van der Waals surface area (Å²) in [6, 6.07) is 17.8. The number of nitriles is 1. The molecule has 2 rings (SSSR count). The number of likely N-dealkylation sites (N-methyl/N-ethyl adjacent to an activating group) is 2. The lowest BCUT2D eigenvalue weighted by Gasteiger charge is -2.30. The molecule has 0 aliphatic heterocycles. The molecule has 0 aliphatic carbocycles. The molecule has 0 bridgehead atoms. The van der Waals surface area contributed by atoms with Crippen molar-refractivity contribution in [1.29, 1.82) is 5.26 Å². The molecule has 0 saturated carbocycles. The highest BCUT2D eigenvalue weighted by Gasteiger charge is 2.24. The summed E-state index contributed by atoms with van der Waals surface area (Å²) in [5.74, 6) is -0.357. The third kappa shape index (κ3) is 6.89. The number of carbonyl (C=O) groups excluding carboxylic acids is 1. The van der Waals surface area contributed by atoms with E-state index in [-0.39, 0.29) is 23.4 Å². The second kappa shape index (κ2) is 11.6. The van der Waals surface area contributed by atoms with E-state index >= 15 is 0 Å². The molecule has 1 N–H and O–H groups in total. The molecular formula is C23H30N4O3S. The van der Waals surface area contributed by atoms with Gasteiger partial charge in [0, 0.05) is 19.6 Å².